The summed E-state index contributed by atoms with van der Waals surface area (Å²) in [5, 5.41) is 0. The normalized spacial score (nSPS) is 17.8. The summed E-state index contributed by atoms with van der Waals surface area (Å²) < 4.78 is 0. The predicted molar refractivity (Wildman–Crippen MR) is 115 cm³/mol. The summed E-state index contributed by atoms with van der Waals surface area (Å²) in [5.74, 6) is 1.02. The van der Waals surface area contributed by atoms with Gasteiger partial charge >= 0.3 is 0 Å². The summed E-state index contributed by atoms with van der Waals surface area (Å²) in [6.07, 6.45) is 9.57. The van der Waals surface area contributed by atoms with Crippen LogP contribution in [-0.4, -0.2) is 71.0 Å². The van der Waals surface area contributed by atoms with Crippen LogP contribution in [0.3, 0.4) is 0 Å². The van der Waals surface area contributed by atoms with Crippen molar-refractivity contribution >= 4 is 11.9 Å². The molecule has 1 saturated carbocycles. The third-order valence-corrected chi connectivity index (χ3v) is 6.18. The van der Waals surface area contributed by atoms with E-state index < -0.39 is 0 Å². The molecule has 0 spiro atoms. The Morgan fingerprint density at radius 2 is 1.66 bits per heavy atom. The van der Waals surface area contributed by atoms with Crippen LogP contribution in [0, 0.1) is 0 Å². The number of benzene rings is 1. The molecule has 2 heterocycles. The Bertz CT molecular complexity index is 755. The maximum atomic E-state index is 13.1. The van der Waals surface area contributed by atoms with E-state index in [9.17, 15) is 4.79 Å². The quantitative estimate of drug-likeness (QED) is 0.724. The largest absolute Gasteiger partial charge is 0.338 e. The van der Waals surface area contributed by atoms with E-state index in [-0.39, 0.29) is 5.91 Å². The Morgan fingerprint density at radius 1 is 0.966 bits per heavy atom. The summed E-state index contributed by atoms with van der Waals surface area (Å²) in [4.78, 5) is 28.3. The molecule has 0 radical (unpaired) electrons. The minimum Gasteiger partial charge on any atom is -0.338 e. The van der Waals surface area contributed by atoms with Crippen molar-refractivity contribution in [3.05, 3.63) is 54.4 Å². The number of nitrogens with zero attached hydrogens (tertiary/aromatic N) is 5. The van der Waals surface area contributed by atoms with Crippen LogP contribution in [0.5, 0.6) is 0 Å². The van der Waals surface area contributed by atoms with Crippen molar-refractivity contribution in [2.24, 2.45) is 0 Å². The number of rotatable bonds is 7. The smallest absolute Gasteiger partial charge is 0.236 e. The zero-order chi connectivity index (χ0) is 19.9. The zero-order valence-electron chi connectivity index (χ0n) is 17.1. The van der Waals surface area contributed by atoms with Gasteiger partial charge in [-0.15, -0.1) is 0 Å². The van der Waals surface area contributed by atoms with E-state index >= 15 is 0 Å². The second-order valence-corrected chi connectivity index (χ2v) is 8.06. The van der Waals surface area contributed by atoms with Crippen LogP contribution in [0.25, 0.3) is 0 Å². The molecule has 0 unspecified atom stereocenters. The van der Waals surface area contributed by atoms with Crippen molar-refractivity contribution in [3.63, 3.8) is 0 Å². The highest BCUT2D eigenvalue weighted by Gasteiger charge is 2.28. The van der Waals surface area contributed by atoms with Gasteiger partial charge in [-0.3, -0.25) is 9.69 Å². The third-order valence-electron chi connectivity index (χ3n) is 6.18. The van der Waals surface area contributed by atoms with Crippen molar-refractivity contribution < 1.29 is 4.79 Å². The van der Waals surface area contributed by atoms with E-state index in [0.29, 0.717) is 12.6 Å². The zero-order valence-corrected chi connectivity index (χ0v) is 17.1. The second kappa shape index (κ2) is 9.83. The van der Waals surface area contributed by atoms with E-state index in [1.807, 2.05) is 11.0 Å². The highest BCUT2D eigenvalue weighted by molar-refractivity contribution is 5.78. The molecule has 0 bridgehead atoms. The first-order valence-corrected chi connectivity index (χ1v) is 10.9. The molecule has 2 aliphatic rings. The van der Waals surface area contributed by atoms with Crippen molar-refractivity contribution in [3.8, 4) is 0 Å². The molecule has 4 rings (SSSR count). The van der Waals surface area contributed by atoms with Crippen LogP contribution in [-0.2, 0) is 11.2 Å². The van der Waals surface area contributed by atoms with Crippen molar-refractivity contribution in [2.75, 3.05) is 44.2 Å². The molecule has 1 amide bonds. The fourth-order valence-corrected chi connectivity index (χ4v) is 4.46. The monoisotopic (exact) mass is 393 g/mol. The van der Waals surface area contributed by atoms with E-state index in [1.54, 1.807) is 12.4 Å². The maximum Gasteiger partial charge on any atom is 0.236 e. The molecule has 29 heavy (non-hydrogen) atoms. The molecule has 154 valence electrons. The molecule has 2 aromatic rings. The van der Waals surface area contributed by atoms with Crippen molar-refractivity contribution in [2.45, 2.75) is 38.1 Å². The van der Waals surface area contributed by atoms with Gasteiger partial charge in [-0.1, -0.05) is 43.2 Å². The molecular formula is C23H31N5O. The molecule has 0 N–H and O–H groups in total. The molecule has 6 nitrogen and oxygen atoms in total. The van der Waals surface area contributed by atoms with Crippen LogP contribution in [0.1, 0.15) is 31.2 Å². The number of hydrogen-bond donors (Lipinski definition) is 0. The number of amides is 1. The van der Waals surface area contributed by atoms with Gasteiger partial charge in [-0.05, 0) is 30.9 Å². The third kappa shape index (κ3) is 5.32. The maximum absolute atomic E-state index is 13.1. The molecule has 2 fully saturated rings. The predicted octanol–water partition coefficient (Wildman–Crippen LogP) is 2.61. The average Bonchev–Trinajstić information content (AvgIpc) is 3.33. The Hall–Kier alpha value is -2.47. The van der Waals surface area contributed by atoms with Gasteiger partial charge in [-0.25, -0.2) is 9.97 Å². The number of aromatic nitrogens is 2. The van der Waals surface area contributed by atoms with Gasteiger partial charge in [0.2, 0.25) is 11.9 Å². The number of anilines is 1. The fraction of sp³-hybridized carbons (Fsp3) is 0.522. The highest BCUT2D eigenvalue weighted by atomic mass is 16.2. The van der Waals surface area contributed by atoms with E-state index in [4.69, 9.17) is 0 Å². The summed E-state index contributed by atoms with van der Waals surface area (Å²) in [5.41, 5.74) is 1.35. The first-order valence-electron chi connectivity index (χ1n) is 10.9. The molecule has 0 atom stereocenters. The lowest BCUT2D eigenvalue weighted by Gasteiger charge is -2.36. The summed E-state index contributed by atoms with van der Waals surface area (Å²) in [7, 11) is 0. The topological polar surface area (TPSA) is 52.6 Å². The Balaban J connectivity index is 1.31. The van der Waals surface area contributed by atoms with Gasteiger partial charge < -0.3 is 9.80 Å². The number of piperazine rings is 1. The van der Waals surface area contributed by atoms with Gasteiger partial charge in [0.15, 0.2) is 0 Å². The first kappa shape index (κ1) is 19.8. The summed E-state index contributed by atoms with van der Waals surface area (Å²) in [6, 6.07) is 13.0. The molecule has 1 aliphatic carbocycles. The number of carbonyl (C=O) groups excluding carboxylic acids is 1. The molecule has 1 aromatic heterocycles. The van der Waals surface area contributed by atoms with Crippen molar-refractivity contribution in [1.82, 2.24) is 19.8 Å². The van der Waals surface area contributed by atoms with Gasteiger partial charge in [0, 0.05) is 51.2 Å². The number of carbonyl (C=O) groups is 1. The van der Waals surface area contributed by atoms with Crippen LogP contribution < -0.4 is 4.90 Å². The van der Waals surface area contributed by atoms with Gasteiger partial charge in [-0.2, -0.15) is 0 Å². The number of hydrogen-bond acceptors (Lipinski definition) is 5. The van der Waals surface area contributed by atoms with Crippen LogP contribution in [0.15, 0.2) is 48.8 Å². The van der Waals surface area contributed by atoms with E-state index in [2.05, 4.69) is 50.1 Å². The lowest BCUT2D eigenvalue weighted by Crippen LogP contribution is -2.52. The van der Waals surface area contributed by atoms with Gasteiger partial charge in [0.05, 0.1) is 6.54 Å². The Morgan fingerprint density at radius 3 is 2.34 bits per heavy atom. The van der Waals surface area contributed by atoms with E-state index in [0.717, 1.165) is 45.1 Å². The van der Waals surface area contributed by atoms with Crippen molar-refractivity contribution in [1.29, 1.82) is 0 Å². The minimum atomic E-state index is 0.263. The summed E-state index contributed by atoms with van der Waals surface area (Å²) >= 11 is 0. The molecule has 6 heteroatoms. The van der Waals surface area contributed by atoms with Crippen LogP contribution >= 0.6 is 0 Å². The molecule has 1 aliphatic heterocycles. The van der Waals surface area contributed by atoms with Crippen LogP contribution in [0.4, 0.5) is 5.95 Å². The van der Waals surface area contributed by atoms with Crippen LogP contribution in [0.2, 0.25) is 0 Å². The van der Waals surface area contributed by atoms with Gasteiger partial charge in [0.1, 0.15) is 0 Å². The summed E-state index contributed by atoms with van der Waals surface area (Å²) in [6.45, 7) is 4.58. The molecular weight excluding hydrogens is 362 g/mol. The first-order chi connectivity index (χ1) is 14.3. The second-order valence-electron chi connectivity index (χ2n) is 8.06. The van der Waals surface area contributed by atoms with Gasteiger partial charge in [0.25, 0.3) is 0 Å². The Kier molecular flexibility index (Phi) is 6.72. The minimum absolute atomic E-state index is 0.263. The standard InChI is InChI=1S/C23H31N5O/c29-22(26-15-17-27(18-16-26)23-24-12-6-13-25-23)19-28(21-9-4-5-10-21)14-11-20-7-2-1-3-8-20/h1-3,6-8,12-13,21H,4-5,9-11,14-19H2. The fourth-order valence-electron chi connectivity index (χ4n) is 4.46. The molecule has 1 aromatic carbocycles. The lowest BCUT2D eigenvalue weighted by atomic mass is 10.1. The highest BCUT2D eigenvalue weighted by Crippen LogP contribution is 2.24. The van der Waals surface area contributed by atoms with E-state index in [1.165, 1.54) is 31.2 Å². The average molecular weight is 394 g/mol. The Labute approximate surface area is 173 Å². The molecule has 1 saturated heterocycles. The SMILES string of the molecule is O=C(CN(CCc1ccccc1)C1CCCC1)N1CCN(c2ncccn2)CC1. The lowest BCUT2D eigenvalue weighted by molar-refractivity contribution is -0.133.